The summed E-state index contributed by atoms with van der Waals surface area (Å²) >= 11 is 6.97. The number of carboxylic acids is 1. The maximum atomic E-state index is 11.7. The number of amides is 1. The van der Waals surface area contributed by atoms with Crippen LogP contribution < -0.4 is 5.32 Å². The molecule has 1 aliphatic heterocycles. The van der Waals surface area contributed by atoms with Crippen LogP contribution in [0.4, 0.5) is 0 Å². The summed E-state index contributed by atoms with van der Waals surface area (Å²) in [6.45, 7) is 0. The molecule has 1 amide bonds. The zero-order chi connectivity index (χ0) is 21.7. The Labute approximate surface area is 180 Å². The fraction of sp³-hybridized carbons (Fsp3) is 0.0500. The summed E-state index contributed by atoms with van der Waals surface area (Å²) in [5.74, 6) is -2.14. The number of esters is 1. The topological polar surface area (TPSA) is 117 Å². The van der Waals surface area contributed by atoms with Gasteiger partial charge in [0.25, 0.3) is 5.91 Å². The van der Waals surface area contributed by atoms with Gasteiger partial charge in [-0.1, -0.05) is 35.9 Å². The molecular weight excluding hydrogens is 430 g/mol. The highest BCUT2D eigenvalue weighted by atomic mass is 35.5. The average molecular weight is 444 g/mol. The SMILES string of the molecule is COC(=O)/C=C1/S/C(=N\N=Cc2ccc(-c3cc(Cl)ccc3C(=O)O)cc2)NC1=O. The molecule has 1 heterocycles. The Kier molecular flexibility index (Phi) is 6.65. The molecule has 0 aliphatic carbocycles. The number of nitrogens with one attached hydrogen (secondary N) is 1. The molecule has 2 aromatic rings. The molecule has 0 saturated carbocycles. The van der Waals surface area contributed by atoms with Gasteiger partial charge in [0, 0.05) is 11.1 Å². The first-order valence-corrected chi connectivity index (χ1v) is 9.60. The summed E-state index contributed by atoms with van der Waals surface area (Å²) < 4.78 is 4.49. The number of carboxylic acid groups (broad SMARTS) is 1. The molecule has 3 rings (SSSR count). The lowest BCUT2D eigenvalue weighted by Crippen LogP contribution is -2.19. The summed E-state index contributed by atoms with van der Waals surface area (Å²) in [4.78, 5) is 34.6. The minimum atomic E-state index is -1.04. The molecule has 0 atom stereocenters. The average Bonchev–Trinajstić information content (AvgIpc) is 3.07. The van der Waals surface area contributed by atoms with Crippen molar-refractivity contribution < 1.29 is 24.2 Å². The van der Waals surface area contributed by atoms with E-state index in [4.69, 9.17) is 11.6 Å². The van der Waals surface area contributed by atoms with Crippen LogP contribution in [0.1, 0.15) is 15.9 Å². The van der Waals surface area contributed by atoms with Crippen LogP contribution in [0.2, 0.25) is 5.02 Å². The normalized spacial score (nSPS) is 16.3. The number of thioether (sulfide) groups is 1. The zero-order valence-electron chi connectivity index (χ0n) is 15.5. The Morgan fingerprint density at radius 1 is 1.20 bits per heavy atom. The molecule has 0 bridgehead atoms. The first-order chi connectivity index (χ1) is 14.4. The van der Waals surface area contributed by atoms with Crippen molar-refractivity contribution in [1.29, 1.82) is 0 Å². The molecule has 0 unspecified atom stereocenters. The van der Waals surface area contributed by atoms with Gasteiger partial charge in [0.15, 0.2) is 5.17 Å². The Morgan fingerprint density at radius 2 is 1.93 bits per heavy atom. The number of halogens is 1. The van der Waals surface area contributed by atoms with Crippen molar-refractivity contribution in [2.45, 2.75) is 0 Å². The third kappa shape index (κ3) is 5.13. The Hall–Kier alpha value is -3.43. The second kappa shape index (κ2) is 9.38. The number of carbonyl (C=O) groups excluding carboxylic acids is 2. The van der Waals surface area contributed by atoms with Crippen LogP contribution in [-0.2, 0) is 14.3 Å². The quantitative estimate of drug-likeness (QED) is 0.317. The summed E-state index contributed by atoms with van der Waals surface area (Å²) in [5.41, 5.74) is 2.06. The van der Waals surface area contributed by atoms with Crippen LogP contribution in [0.15, 0.2) is 63.6 Å². The lowest BCUT2D eigenvalue weighted by molar-refractivity contribution is -0.135. The summed E-state index contributed by atoms with van der Waals surface area (Å²) in [7, 11) is 1.22. The molecule has 1 fully saturated rings. The first kappa shape index (κ1) is 21.3. The number of aromatic carboxylic acids is 1. The van der Waals surface area contributed by atoms with E-state index >= 15 is 0 Å². The van der Waals surface area contributed by atoms with Crippen LogP contribution in [0, 0.1) is 0 Å². The summed E-state index contributed by atoms with van der Waals surface area (Å²) in [6.07, 6.45) is 2.55. The number of hydrogen-bond acceptors (Lipinski definition) is 7. The number of methoxy groups -OCH3 is 1. The third-order valence-electron chi connectivity index (χ3n) is 3.89. The largest absolute Gasteiger partial charge is 0.478 e. The van der Waals surface area contributed by atoms with Gasteiger partial charge in [0.2, 0.25) is 0 Å². The second-order valence-electron chi connectivity index (χ2n) is 5.85. The molecule has 8 nitrogen and oxygen atoms in total. The molecule has 2 aromatic carbocycles. The number of nitrogens with zero attached hydrogens (tertiary/aromatic N) is 2. The fourth-order valence-corrected chi connectivity index (χ4v) is 3.39. The van der Waals surface area contributed by atoms with Crippen LogP contribution in [0.3, 0.4) is 0 Å². The van der Waals surface area contributed by atoms with Gasteiger partial charge in [0.1, 0.15) is 0 Å². The predicted molar refractivity (Wildman–Crippen MR) is 115 cm³/mol. The monoisotopic (exact) mass is 443 g/mol. The van der Waals surface area contributed by atoms with Crippen molar-refractivity contribution in [1.82, 2.24) is 5.32 Å². The molecule has 0 aromatic heterocycles. The highest BCUT2D eigenvalue weighted by Gasteiger charge is 2.25. The van der Waals surface area contributed by atoms with Crippen LogP contribution >= 0.6 is 23.4 Å². The Bertz CT molecular complexity index is 1110. The van der Waals surface area contributed by atoms with Gasteiger partial charge in [-0.3, -0.25) is 10.1 Å². The Morgan fingerprint density at radius 3 is 2.60 bits per heavy atom. The molecule has 30 heavy (non-hydrogen) atoms. The molecule has 1 aliphatic rings. The van der Waals surface area contributed by atoms with Gasteiger partial charge in [-0.2, -0.15) is 5.10 Å². The number of carbonyl (C=O) groups is 3. The molecule has 0 radical (unpaired) electrons. The number of rotatable bonds is 5. The second-order valence-corrected chi connectivity index (χ2v) is 7.32. The minimum Gasteiger partial charge on any atom is -0.478 e. The molecule has 152 valence electrons. The minimum absolute atomic E-state index is 0.150. The van der Waals surface area contributed by atoms with Crippen molar-refractivity contribution in [3.63, 3.8) is 0 Å². The smallest absolute Gasteiger partial charge is 0.336 e. The van der Waals surface area contributed by atoms with E-state index in [-0.39, 0.29) is 15.6 Å². The lowest BCUT2D eigenvalue weighted by atomic mass is 9.99. The third-order valence-corrected chi connectivity index (χ3v) is 5.03. The maximum absolute atomic E-state index is 11.7. The van der Waals surface area contributed by atoms with Crippen LogP contribution in [0.5, 0.6) is 0 Å². The lowest BCUT2D eigenvalue weighted by Gasteiger charge is -2.07. The van der Waals surface area contributed by atoms with E-state index in [9.17, 15) is 19.5 Å². The van der Waals surface area contributed by atoms with Crippen molar-refractivity contribution in [3.05, 3.63) is 69.6 Å². The molecule has 1 saturated heterocycles. The number of amidine groups is 1. The van der Waals surface area contributed by atoms with E-state index in [1.807, 2.05) is 0 Å². The number of ether oxygens (including phenoxy) is 1. The van der Waals surface area contributed by atoms with E-state index in [0.717, 1.165) is 17.8 Å². The van der Waals surface area contributed by atoms with E-state index in [1.165, 1.54) is 25.5 Å². The Balaban J connectivity index is 1.74. The van der Waals surface area contributed by atoms with Gasteiger partial charge in [0.05, 0.1) is 23.8 Å². The molecule has 2 N–H and O–H groups in total. The van der Waals surface area contributed by atoms with Gasteiger partial charge in [-0.15, -0.1) is 5.10 Å². The highest BCUT2D eigenvalue weighted by Crippen LogP contribution is 2.27. The van der Waals surface area contributed by atoms with E-state index in [1.54, 1.807) is 30.3 Å². The van der Waals surface area contributed by atoms with Gasteiger partial charge >= 0.3 is 11.9 Å². The summed E-state index contributed by atoms with van der Waals surface area (Å²) in [5, 5.41) is 20.3. The van der Waals surface area contributed by atoms with Crippen molar-refractivity contribution >= 4 is 52.6 Å². The van der Waals surface area contributed by atoms with Crippen LogP contribution in [0.25, 0.3) is 11.1 Å². The van der Waals surface area contributed by atoms with Crippen molar-refractivity contribution in [2.24, 2.45) is 10.2 Å². The van der Waals surface area contributed by atoms with Crippen molar-refractivity contribution in [2.75, 3.05) is 7.11 Å². The first-order valence-electron chi connectivity index (χ1n) is 8.40. The van der Waals surface area contributed by atoms with Crippen molar-refractivity contribution in [3.8, 4) is 11.1 Å². The van der Waals surface area contributed by atoms with Crippen LogP contribution in [-0.4, -0.2) is 41.4 Å². The van der Waals surface area contributed by atoms with E-state index in [2.05, 4.69) is 20.3 Å². The maximum Gasteiger partial charge on any atom is 0.336 e. The molecular formula is C20H14ClN3O5S. The molecule has 10 heteroatoms. The standard InChI is InChI=1S/C20H14ClN3O5S/c1-29-17(25)9-16-18(26)23-20(30-16)24-22-10-11-2-4-12(5-3-11)15-8-13(21)6-7-14(15)19(27)28/h2-10H,1H3,(H,27,28)(H,23,24,26)/b16-9+,22-10?. The predicted octanol–water partition coefficient (Wildman–Crippen LogP) is 3.32. The fourth-order valence-electron chi connectivity index (χ4n) is 2.48. The van der Waals surface area contributed by atoms with Gasteiger partial charge < -0.3 is 9.84 Å². The highest BCUT2D eigenvalue weighted by molar-refractivity contribution is 8.18. The van der Waals surface area contributed by atoms with Gasteiger partial charge in [-0.05, 0) is 46.7 Å². The van der Waals surface area contributed by atoms with E-state index in [0.29, 0.717) is 21.7 Å². The van der Waals surface area contributed by atoms with E-state index < -0.39 is 17.8 Å². The van der Waals surface area contributed by atoms with Gasteiger partial charge in [-0.25, -0.2) is 9.59 Å². The number of benzene rings is 2. The number of hydrogen-bond donors (Lipinski definition) is 2. The summed E-state index contributed by atoms with van der Waals surface area (Å²) in [6, 6.07) is 11.6. The molecule has 0 spiro atoms. The zero-order valence-corrected chi connectivity index (χ0v) is 17.0.